The Morgan fingerprint density at radius 1 is 1.53 bits per heavy atom. The Morgan fingerprint density at radius 2 is 2.33 bits per heavy atom. The van der Waals surface area contributed by atoms with Gasteiger partial charge in [-0.1, -0.05) is 17.7 Å². The van der Waals surface area contributed by atoms with E-state index >= 15 is 0 Å². The van der Waals surface area contributed by atoms with E-state index in [1.807, 2.05) is 29.0 Å². The monoisotopic (exact) mass is 239 g/mol. The standard InChI is InChI=1S/C10H10ClN3S/c1-7-6-15-10(12)14(7)5-8-3-2-4-9(11)13-8/h2-4,6,12H,5H2,1H3. The van der Waals surface area contributed by atoms with Crippen molar-refractivity contribution in [1.29, 1.82) is 5.41 Å². The molecule has 0 unspecified atom stereocenters. The molecule has 3 nitrogen and oxygen atoms in total. The minimum absolute atomic E-state index is 0.493. The molecule has 0 radical (unpaired) electrons. The zero-order chi connectivity index (χ0) is 10.8. The van der Waals surface area contributed by atoms with E-state index in [0.717, 1.165) is 11.4 Å². The minimum atomic E-state index is 0.493. The molecule has 0 saturated carbocycles. The number of pyridine rings is 1. The van der Waals surface area contributed by atoms with E-state index in [1.54, 1.807) is 6.07 Å². The summed E-state index contributed by atoms with van der Waals surface area (Å²) in [5, 5.41) is 10.2. The highest BCUT2D eigenvalue weighted by Crippen LogP contribution is 2.08. The highest BCUT2D eigenvalue weighted by molar-refractivity contribution is 7.07. The lowest BCUT2D eigenvalue weighted by Gasteiger charge is -2.04. The Hall–Kier alpha value is -1.13. The van der Waals surface area contributed by atoms with Crippen LogP contribution in [0.1, 0.15) is 11.4 Å². The average Bonchev–Trinajstić information content (AvgIpc) is 2.50. The third-order valence-corrected chi connectivity index (χ3v) is 3.22. The second-order valence-corrected chi connectivity index (χ2v) is 4.47. The highest BCUT2D eigenvalue weighted by Gasteiger charge is 2.02. The second kappa shape index (κ2) is 4.16. The number of aromatic nitrogens is 2. The van der Waals surface area contributed by atoms with Crippen LogP contribution in [0.15, 0.2) is 23.6 Å². The van der Waals surface area contributed by atoms with Gasteiger partial charge in [-0.15, -0.1) is 11.3 Å². The number of hydrogen-bond acceptors (Lipinski definition) is 3. The highest BCUT2D eigenvalue weighted by atomic mass is 35.5. The van der Waals surface area contributed by atoms with Gasteiger partial charge in [-0.25, -0.2) is 4.98 Å². The number of nitrogens with one attached hydrogen (secondary N) is 1. The van der Waals surface area contributed by atoms with Crippen molar-refractivity contribution in [1.82, 2.24) is 9.55 Å². The summed E-state index contributed by atoms with van der Waals surface area (Å²) in [4.78, 5) is 4.73. The summed E-state index contributed by atoms with van der Waals surface area (Å²) in [5.74, 6) is 0. The molecule has 5 heteroatoms. The van der Waals surface area contributed by atoms with E-state index in [9.17, 15) is 0 Å². The third-order valence-electron chi connectivity index (χ3n) is 2.10. The van der Waals surface area contributed by atoms with Gasteiger partial charge < -0.3 is 4.57 Å². The normalized spacial score (nSPS) is 10.5. The molecular weight excluding hydrogens is 230 g/mol. The number of thiazole rings is 1. The van der Waals surface area contributed by atoms with Gasteiger partial charge in [0.25, 0.3) is 0 Å². The molecule has 2 aromatic heterocycles. The molecule has 0 amide bonds. The van der Waals surface area contributed by atoms with Crippen LogP contribution in [0.2, 0.25) is 5.15 Å². The van der Waals surface area contributed by atoms with Crippen LogP contribution in [-0.2, 0) is 6.54 Å². The van der Waals surface area contributed by atoms with Crippen molar-refractivity contribution in [3.8, 4) is 0 Å². The Balaban J connectivity index is 2.33. The van der Waals surface area contributed by atoms with Crippen LogP contribution in [-0.4, -0.2) is 9.55 Å². The molecule has 2 aromatic rings. The van der Waals surface area contributed by atoms with E-state index in [-0.39, 0.29) is 0 Å². The lowest BCUT2D eigenvalue weighted by atomic mass is 10.3. The molecule has 0 atom stereocenters. The van der Waals surface area contributed by atoms with Gasteiger partial charge in [-0.2, -0.15) is 0 Å². The predicted octanol–water partition coefficient (Wildman–Crippen LogP) is 2.43. The molecular formula is C10H10ClN3S. The topological polar surface area (TPSA) is 41.7 Å². The quantitative estimate of drug-likeness (QED) is 0.804. The number of rotatable bonds is 2. The molecule has 0 saturated heterocycles. The van der Waals surface area contributed by atoms with Crippen LogP contribution in [0.5, 0.6) is 0 Å². The molecule has 15 heavy (non-hydrogen) atoms. The predicted molar refractivity (Wildman–Crippen MR) is 61.2 cm³/mol. The van der Waals surface area contributed by atoms with Crippen LogP contribution in [0, 0.1) is 12.3 Å². The van der Waals surface area contributed by atoms with Crippen molar-refractivity contribution in [2.45, 2.75) is 13.5 Å². The van der Waals surface area contributed by atoms with Crippen molar-refractivity contribution in [3.05, 3.63) is 44.9 Å². The lowest BCUT2D eigenvalue weighted by Crippen LogP contribution is -2.16. The van der Waals surface area contributed by atoms with Crippen molar-refractivity contribution >= 4 is 22.9 Å². The summed E-state index contributed by atoms with van der Waals surface area (Å²) in [7, 11) is 0. The van der Waals surface area contributed by atoms with Crippen molar-refractivity contribution in [3.63, 3.8) is 0 Å². The maximum Gasteiger partial charge on any atom is 0.182 e. The van der Waals surface area contributed by atoms with Crippen molar-refractivity contribution in [2.24, 2.45) is 0 Å². The van der Waals surface area contributed by atoms with Crippen molar-refractivity contribution in [2.75, 3.05) is 0 Å². The molecule has 0 bridgehead atoms. The first-order valence-corrected chi connectivity index (χ1v) is 5.73. The van der Waals surface area contributed by atoms with Crippen LogP contribution in [0.3, 0.4) is 0 Å². The molecule has 0 aromatic carbocycles. The number of aryl methyl sites for hydroxylation is 1. The molecule has 2 heterocycles. The van der Waals surface area contributed by atoms with Gasteiger partial charge in [0.1, 0.15) is 5.15 Å². The van der Waals surface area contributed by atoms with E-state index in [2.05, 4.69) is 4.98 Å². The number of halogens is 1. The SMILES string of the molecule is Cc1csc(=N)n1Cc1cccc(Cl)n1. The first-order chi connectivity index (χ1) is 7.16. The first-order valence-electron chi connectivity index (χ1n) is 4.48. The largest absolute Gasteiger partial charge is 0.316 e. The van der Waals surface area contributed by atoms with E-state index in [4.69, 9.17) is 17.0 Å². The molecule has 0 fully saturated rings. The van der Waals surface area contributed by atoms with Crippen LogP contribution in [0.25, 0.3) is 0 Å². The average molecular weight is 240 g/mol. The second-order valence-electron chi connectivity index (χ2n) is 3.22. The minimum Gasteiger partial charge on any atom is -0.316 e. The summed E-state index contributed by atoms with van der Waals surface area (Å²) < 4.78 is 1.91. The van der Waals surface area contributed by atoms with Crippen LogP contribution >= 0.6 is 22.9 Å². The maximum absolute atomic E-state index is 7.72. The molecule has 2 rings (SSSR count). The summed E-state index contributed by atoms with van der Waals surface area (Å²) in [6, 6.07) is 5.53. The lowest BCUT2D eigenvalue weighted by molar-refractivity contribution is 0.716. The number of hydrogen-bond donors (Lipinski definition) is 1. The van der Waals surface area contributed by atoms with Gasteiger partial charge in [-0.3, -0.25) is 5.41 Å². The first kappa shape index (κ1) is 10.4. The van der Waals surface area contributed by atoms with Crippen molar-refractivity contribution < 1.29 is 0 Å². The van der Waals surface area contributed by atoms with Crippen LogP contribution in [0.4, 0.5) is 0 Å². The fraction of sp³-hybridized carbons (Fsp3) is 0.200. The fourth-order valence-corrected chi connectivity index (χ4v) is 2.25. The van der Waals surface area contributed by atoms with E-state index in [1.165, 1.54) is 11.3 Å². The third kappa shape index (κ3) is 2.27. The van der Waals surface area contributed by atoms with Crippen LogP contribution < -0.4 is 4.80 Å². The van der Waals surface area contributed by atoms with Gasteiger partial charge in [0.05, 0.1) is 12.2 Å². The molecule has 0 spiro atoms. The molecule has 78 valence electrons. The van der Waals surface area contributed by atoms with Gasteiger partial charge in [-0.05, 0) is 19.1 Å². The Labute approximate surface area is 96.5 Å². The summed E-state index contributed by atoms with van der Waals surface area (Å²) in [5.41, 5.74) is 1.95. The number of nitrogens with zero attached hydrogens (tertiary/aromatic N) is 2. The van der Waals surface area contributed by atoms with Gasteiger partial charge in [0.2, 0.25) is 0 Å². The van der Waals surface area contributed by atoms with E-state index < -0.39 is 0 Å². The molecule has 0 aliphatic carbocycles. The summed E-state index contributed by atoms with van der Waals surface area (Å²) in [6.45, 7) is 2.59. The van der Waals surface area contributed by atoms with Gasteiger partial charge in [0, 0.05) is 11.1 Å². The zero-order valence-electron chi connectivity index (χ0n) is 8.20. The smallest absolute Gasteiger partial charge is 0.182 e. The van der Waals surface area contributed by atoms with Gasteiger partial charge in [0.15, 0.2) is 4.80 Å². The van der Waals surface area contributed by atoms with Gasteiger partial charge >= 0.3 is 0 Å². The summed E-state index contributed by atoms with van der Waals surface area (Å²) >= 11 is 7.22. The molecule has 1 N–H and O–H groups in total. The Morgan fingerprint density at radius 3 is 2.93 bits per heavy atom. The van der Waals surface area contributed by atoms with E-state index in [0.29, 0.717) is 16.5 Å². The zero-order valence-corrected chi connectivity index (χ0v) is 9.77. The summed E-state index contributed by atoms with van der Waals surface area (Å²) in [6.07, 6.45) is 0. The fourth-order valence-electron chi connectivity index (χ4n) is 1.33. The Kier molecular flexibility index (Phi) is 2.88. The molecule has 0 aliphatic heterocycles. The maximum atomic E-state index is 7.72. The Bertz CT molecular complexity index is 529. The molecule has 0 aliphatic rings.